The van der Waals surface area contributed by atoms with Crippen LogP contribution in [-0.4, -0.2) is 86.8 Å². The van der Waals surface area contributed by atoms with Gasteiger partial charge < -0.3 is 19.3 Å². The van der Waals surface area contributed by atoms with Gasteiger partial charge in [-0.05, 0) is 11.6 Å². The number of ether oxygens (including phenoxy) is 2. The van der Waals surface area contributed by atoms with E-state index in [9.17, 15) is 24.5 Å². The number of rotatable bonds is 2. The molecule has 0 aromatic heterocycles. The number of carbonyl (C=O) groups is 3. The molecule has 0 aliphatic carbocycles. The zero-order chi connectivity index (χ0) is 22.6. The van der Waals surface area contributed by atoms with Crippen molar-refractivity contribution in [2.24, 2.45) is 5.41 Å². The summed E-state index contributed by atoms with van der Waals surface area (Å²) in [6.45, 7) is 2.95. The van der Waals surface area contributed by atoms with Gasteiger partial charge in [0.2, 0.25) is 11.8 Å². The maximum absolute atomic E-state index is 13.3. The van der Waals surface area contributed by atoms with Crippen LogP contribution in [0.1, 0.15) is 5.56 Å². The number of anilines is 2. The van der Waals surface area contributed by atoms with Crippen LogP contribution in [0, 0.1) is 15.5 Å². The van der Waals surface area contributed by atoms with E-state index in [-0.39, 0.29) is 18.7 Å². The Kier molecular flexibility index (Phi) is 4.78. The van der Waals surface area contributed by atoms with Crippen molar-refractivity contribution in [1.29, 1.82) is 0 Å². The van der Waals surface area contributed by atoms with Gasteiger partial charge in [0.1, 0.15) is 5.69 Å². The van der Waals surface area contributed by atoms with Crippen LogP contribution >= 0.6 is 0 Å². The van der Waals surface area contributed by atoms with Crippen LogP contribution in [0.25, 0.3) is 0 Å². The quantitative estimate of drug-likeness (QED) is 0.376. The number of nitro benzene ring substituents is 1. The van der Waals surface area contributed by atoms with Crippen molar-refractivity contribution in [2.75, 3.05) is 62.9 Å². The number of carbonyl (C=O) groups excluding carboxylic acids is 3. The van der Waals surface area contributed by atoms with Crippen molar-refractivity contribution in [3.05, 3.63) is 27.8 Å². The fourth-order valence-corrected chi connectivity index (χ4v) is 5.17. The van der Waals surface area contributed by atoms with E-state index in [1.807, 2.05) is 9.80 Å². The number of hydrogen-bond acceptors (Lipinski definition) is 9. The molecule has 0 radical (unpaired) electrons. The van der Waals surface area contributed by atoms with E-state index in [1.165, 1.54) is 13.1 Å². The molecule has 3 saturated heterocycles. The van der Waals surface area contributed by atoms with Gasteiger partial charge in [0.25, 0.3) is 5.69 Å². The smallest absolute Gasteiger partial charge is 0.330 e. The van der Waals surface area contributed by atoms with Gasteiger partial charge in [-0.2, -0.15) is 0 Å². The summed E-state index contributed by atoms with van der Waals surface area (Å²) in [4.78, 5) is 54.7. The van der Waals surface area contributed by atoms with Crippen LogP contribution in [0.15, 0.2) is 12.1 Å². The molecule has 4 heterocycles. The number of hydrogen-bond donors (Lipinski definition) is 1. The van der Waals surface area contributed by atoms with Gasteiger partial charge in [-0.1, -0.05) is 0 Å². The zero-order valence-electron chi connectivity index (χ0n) is 17.5. The number of urea groups is 1. The molecule has 170 valence electrons. The van der Waals surface area contributed by atoms with Crippen molar-refractivity contribution in [1.82, 2.24) is 10.2 Å². The van der Waals surface area contributed by atoms with Gasteiger partial charge in [0.15, 0.2) is 5.41 Å². The van der Waals surface area contributed by atoms with E-state index in [1.54, 1.807) is 6.07 Å². The zero-order valence-corrected chi connectivity index (χ0v) is 17.5. The van der Waals surface area contributed by atoms with Gasteiger partial charge >= 0.3 is 6.03 Å². The maximum Gasteiger partial charge on any atom is 0.330 e. The summed E-state index contributed by atoms with van der Waals surface area (Å²) < 4.78 is 11.0. The average Bonchev–Trinajstić information content (AvgIpc) is 2.81. The molecule has 0 saturated carbocycles. The summed E-state index contributed by atoms with van der Waals surface area (Å²) in [6, 6.07) is 1.83. The number of fused-ring (bicyclic) bond motifs is 4. The van der Waals surface area contributed by atoms with Crippen molar-refractivity contribution < 1.29 is 28.8 Å². The van der Waals surface area contributed by atoms with Crippen LogP contribution in [0.3, 0.4) is 0 Å². The summed E-state index contributed by atoms with van der Waals surface area (Å²) >= 11 is 0. The Morgan fingerprint density at radius 3 is 2.53 bits per heavy atom. The molecule has 2 atom stereocenters. The number of nitrogens with one attached hydrogen (secondary N) is 1. The minimum absolute atomic E-state index is 0.0562. The third-order valence-electron chi connectivity index (χ3n) is 6.82. The maximum atomic E-state index is 13.3. The second-order valence-electron chi connectivity index (χ2n) is 8.38. The molecule has 1 spiro atoms. The van der Waals surface area contributed by atoms with Crippen LogP contribution in [-0.2, 0) is 25.5 Å². The van der Waals surface area contributed by atoms with Gasteiger partial charge in [-0.15, -0.1) is 0 Å². The Bertz CT molecular complexity index is 1020. The highest BCUT2D eigenvalue weighted by molar-refractivity contribution is 6.20. The van der Waals surface area contributed by atoms with Crippen LogP contribution in [0.2, 0.25) is 0 Å². The first-order valence-corrected chi connectivity index (χ1v) is 10.5. The first kappa shape index (κ1) is 20.6. The molecule has 12 nitrogen and oxygen atoms in total. The minimum Gasteiger partial charge on any atom is -0.378 e. The second-order valence-corrected chi connectivity index (χ2v) is 8.38. The van der Waals surface area contributed by atoms with E-state index < -0.39 is 34.2 Å². The Morgan fingerprint density at radius 1 is 1.09 bits per heavy atom. The Balaban J connectivity index is 1.67. The molecule has 0 unspecified atom stereocenters. The highest BCUT2D eigenvalue weighted by atomic mass is 16.6. The second kappa shape index (κ2) is 7.41. The van der Waals surface area contributed by atoms with Crippen molar-refractivity contribution in [3.8, 4) is 0 Å². The molecule has 1 aromatic rings. The number of imide groups is 2. The molecule has 5 rings (SSSR count). The number of benzene rings is 1. The monoisotopic (exact) mass is 445 g/mol. The summed E-state index contributed by atoms with van der Waals surface area (Å²) in [5.74, 6) is -1.33. The number of nitro groups is 1. The highest BCUT2D eigenvalue weighted by Gasteiger charge is 2.62. The Hall–Kier alpha value is -3.25. The third-order valence-corrected chi connectivity index (χ3v) is 6.82. The molecular formula is C20H23N5O7. The fraction of sp³-hybridized carbons (Fsp3) is 0.550. The number of nitrogens with zero attached hydrogens (tertiary/aromatic N) is 4. The molecular weight excluding hydrogens is 422 g/mol. The van der Waals surface area contributed by atoms with Crippen LogP contribution in [0.5, 0.6) is 0 Å². The largest absolute Gasteiger partial charge is 0.378 e. The third kappa shape index (κ3) is 2.86. The molecule has 32 heavy (non-hydrogen) atoms. The number of morpholine rings is 2. The van der Waals surface area contributed by atoms with Gasteiger partial charge in [-0.3, -0.25) is 29.9 Å². The lowest BCUT2D eigenvalue weighted by Crippen LogP contribution is -2.73. The molecule has 4 aliphatic rings. The molecule has 4 amide bonds. The summed E-state index contributed by atoms with van der Waals surface area (Å²) in [5.41, 5.74) is 0.0737. The molecule has 12 heteroatoms. The lowest BCUT2D eigenvalue weighted by Gasteiger charge is -2.53. The van der Waals surface area contributed by atoms with Crippen LogP contribution in [0.4, 0.5) is 21.9 Å². The molecule has 1 N–H and O–H groups in total. The lowest BCUT2D eigenvalue weighted by atomic mass is 9.68. The predicted molar refractivity (Wildman–Crippen MR) is 111 cm³/mol. The lowest BCUT2D eigenvalue weighted by molar-refractivity contribution is -0.384. The SMILES string of the molecule is CN1C(=O)NC(=O)[C@]2(Cc3cc([N+](=O)[O-])c(N4CCOCC4)cc3N3CCOC[C@@H]32)C1=O. The normalized spacial score (nSPS) is 27.8. The van der Waals surface area contributed by atoms with E-state index in [2.05, 4.69) is 5.32 Å². The summed E-state index contributed by atoms with van der Waals surface area (Å²) in [6.07, 6.45) is -0.0562. The number of barbiturate groups is 1. The van der Waals surface area contributed by atoms with Crippen molar-refractivity contribution >= 4 is 34.9 Å². The van der Waals surface area contributed by atoms with Crippen molar-refractivity contribution in [2.45, 2.75) is 12.5 Å². The average molecular weight is 445 g/mol. The summed E-state index contributed by atoms with van der Waals surface area (Å²) in [5, 5.41) is 14.2. The molecule has 0 bridgehead atoms. The van der Waals surface area contributed by atoms with E-state index in [0.717, 1.165) is 10.6 Å². The minimum atomic E-state index is -1.61. The van der Waals surface area contributed by atoms with Gasteiger partial charge in [-0.25, -0.2) is 4.79 Å². The Morgan fingerprint density at radius 2 is 1.81 bits per heavy atom. The Labute approximate surface area is 183 Å². The van der Waals surface area contributed by atoms with Gasteiger partial charge in [0.05, 0.1) is 37.4 Å². The first-order valence-electron chi connectivity index (χ1n) is 10.5. The highest BCUT2D eigenvalue weighted by Crippen LogP contribution is 2.48. The van der Waals surface area contributed by atoms with Crippen LogP contribution < -0.4 is 15.1 Å². The van der Waals surface area contributed by atoms with E-state index in [4.69, 9.17) is 9.47 Å². The van der Waals surface area contributed by atoms with Crippen molar-refractivity contribution in [3.63, 3.8) is 0 Å². The topological polar surface area (TPSA) is 135 Å². The predicted octanol–water partition coefficient (Wildman–Crippen LogP) is -0.113. The number of amides is 4. The molecule has 4 aliphatic heterocycles. The molecule has 3 fully saturated rings. The van der Waals surface area contributed by atoms with E-state index in [0.29, 0.717) is 50.7 Å². The summed E-state index contributed by atoms with van der Waals surface area (Å²) in [7, 11) is 1.32. The van der Waals surface area contributed by atoms with E-state index >= 15 is 0 Å². The molecule has 1 aromatic carbocycles. The standard InChI is InChI=1S/C20H23N5O7/c1-22-18(27)20(17(26)21-19(22)28)10-12-8-15(25(29)30)14(23-2-5-31-6-3-23)9-13(12)24-4-7-32-11-16(20)24/h8-9,16H,2-7,10-11H2,1H3,(H,21,26,28)/t16-,20-/m1/s1. The first-order chi connectivity index (χ1) is 15.3. The fourth-order valence-electron chi connectivity index (χ4n) is 5.17. The van der Waals surface area contributed by atoms with Gasteiger partial charge in [0, 0.05) is 44.9 Å².